The number of aliphatic carboxylic acids is 2. The van der Waals surface area contributed by atoms with Crippen LogP contribution in [0.2, 0.25) is 0 Å². The number of ether oxygens (including phenoxy) is 1. The van der Waals surface area contributed by atoms with E-state index in [0.717, 1.165) is 0 Å². The summed E-state index contributed by atoms with van der Waals surface area (Å²) in [5.74, 6) is -2.98. The first-order valence-electron chi connectivity index (χ1n) is 7.21. The molecule has 1 amide bonds. The number of carbonyl (C=O) groups excluding carboxylic acids is 1. The Balaban J connectivity index is 2.39. The predicted molar refractivity (Wildman–Crippen MR) is 82.2 cm³/mol. The molecule has 0 aliphatic carbocycles. The van der Waals surface area contributed by atoms with Gasteiger partial charge in [0, 0.05) is 6.20 Å². The van der Waals surface area contributed by atoms with Crippen molar-refractivity contribution in [2.45, 2.75) is 26.3 Å². The third-order valence-electron chi connectivity index (χ3n) is 3.29. The second kappa shape index (κ2) is 6.99. The Morgan fingerprint density at radius 3 is 2.67 bits per heavy atom. The number of aryl methyl sites for hydroxylation is 1. The highest BCUT2D eigenvalue weighted by atomic mass is 16.5. The van der Waals surface area contributed by atoms with Crippen LogP contribution in [0.4, 0.5) is 0 Å². The van der Waals surface area contributed by atoms with Crippen LogP contribution in [0.1, 0.15) is 29.5 Å². The molecule has 0 aliphatic rings. The number of carbonyl (C=O) groups is 3. The number of nitrogens with one attached hydrogen (secondary N) is 1. The first-order valence-corrected chi connectivity index (χ1v) is 7.21. The van der Waals surface area contributed by atoms with Gasteiger partial charge in [-0.25, -0.2) is 9.78 Å². The quantitative estimate of drug-likeness (QED) is 0.679. The topological polar surface area (TPSA) is 130 Å². The van der Waals surface area contributed by atoms with Crippen molar-refractivity contribution in [3.63, 3.8) is 0 Å². The molecule has 0 aliphatic heterocycles. The van der Waals surface area contributed by atoms with Crippen LogP contribution >= 0.6 is 0 Å². The molecule has 0 saturated heterocycles. The van der Waals surface area contributed by atoms with Gasteiger partial charge >= 0.3 is 11.9 Å². The maximum absolute atomic E-state index is 12.4. The fraction of sp³-hybridized carbons (Fsp3) is 0.333. The van der Waals surface area contributed by atoms with Gasteiger partial charge in [0.15, 0.2) is 11.4 Å². The smallest absolute Gasteiger partial charge is 0.326 e. The Morgan fingerprint density at radius 2 is 2.08 bits per heavy atom. The first kappa shape index (κ1) is 17.3. The van der Waals surface area contributed by atoms with Gasteiger partial charge in [-0.2, -0.15) is 0 Å². The number of carboxylic acid groups (broad SMARTS) is 2. The van der Waals surface area contributed by atoms with Gasteiger partial charge in [0.2, 0.25) is 0 Å². The highest BCUT2D eigenvalue weighted by Gasteiger charge is 2.26. The lowest BCUT2D eigenvalue weighted by Crippen LogP contribution is -2.42. The lowest BCUT2D eigenvalue weighted by molar-refractivity contribution is -0.145. The summed E-state index contributed by atoms with van der Waals surface area (Å²) < 4.78 is 6.93. The van der Waals surface area contributed by atoms with Gasteiger partial charge in [0.25, 0.3) is 5.91 Å². The summed E-state index contributed by atoms with van der Waals surface area (Å²) in [7, 11) is 0. The molecule has 0 fully saturated rings. The summed E-state index contributed by atoms with van der Waals surface area (Å²) in [6, 6.07) is 1.84. The summed E-state index contributed by atoms with van der Waals surface area (Å²) in [5.41, 5.74) is 0.925. The van der Waals surface area contributed by atoms with E-state index in [1.54, 1.807) is 25.3 Å². The number of hydrogen-bond acceptors (Lipinski definition) is 5. The molecule has 24 heavy (non-hydrogen) atoms. The van der Waals surface area contributed by atoms with Crippen molar-refractivity contribution < 1.29 is 29.3 Å². The molecule has 128 valence electrons. The number of nitrogens with zero attached hydrogens (tertiary/aromatic N) is 2. The minimum absolute atomic E-state index is 0.128. The van der Waals surface area contributed by atoms with Crippen LogP contribution in [0.25, 0.3) is 5.65 Å². The van der Waals surface area contributed by atoms with Crippen LogP contribution in [0, 0.1) is 6.92 Å². The zero-order valence-corrected chi connectivity index (χ0v) is 13.1. The van der Waals surface area contributed by atoms with Crippen molar-refractivity contribution in [2.24, 2.45) is 0 Å². The fourth-order valence-corrected chi connectivity index (χ4v) is 2.30. The number of fused-ring (bicyclic) bond motifs is 1. The lowest BCUT2D eigenvalue weighted by atomic mass is 10.2. The molecule has 9 heteroatoms. The Hall–Kier alpha value is -3.10. The standard InChI is InChI=1S/C15H17N3O6/c1-3-24-10-5-4-6-18-12(8(2)16-13(10)18)14(21)17-9(15(22)23)7-11(19)20/h4-6,9H,3,7H2,1-2H3,(H,17,21)(H,19,20)(H,22,23). The number of amides is 1. The van der Waals surface area contributed by atoms with Gasteiger partial charge in [0.05, 0.1) is 18.7 Å². The zero-order chi connectivity index (χ0) is 17.9. The second-order valence-corrected chi connectivity index (χ2v) is 5.01. The van der Waals surface area contributed by atoms with E-state index < -0.39 is 30.3 Å². The monoisotopic (exact) mass is 335 g/mol. The van der Waals surface area contributed by atoms with E-state index in [1.807, 2.05) is 6.92 Å². The van der Waals surface area contributed by atoms with Crippen LogP contribution in [0.3, 0.4) is 0 Å². The van der Waals surface area contributed by atoms with E-state index in [-0.39, 0.29) is 5.69 Å². The second-order valence-electron chi connectivity index (χ2n) is 5.01. The van der Waals surface area contributed by atoms with E-state index in [1.165, 1.54) is 4.40 Å². The van der Waals surface area contributed by atoms with Crippen LogP contribution in [-0.4, -0.2) is 50.1 Å². The van der Waals surface area contributed by atoms with Gasteiger partial charge in [-0.1, -0.05) is 0 Å². The SMILES string of the molecule is CCOc1cccn2c(C(=O)NC(CC(=O)O)C(=O)O)c(C)nc12. The summed E-state index contributed by atoms with van der Waals surface area (Å²) in [6.07, 6.45) is 0.876. The predicted octanol–water partition coefficient (Wildman–Crippen LogP) is 0.699. The third kappa shape index (κ3) is 3.45. The first-order chi connectivity index (χ1) is 11.3. The Kier molecular flexibility index (Phi) is 5.02. The molecule has 9 nitrogen and oxygen atoms in total. The number of imidazole rings is 1. The molecular formula is C15H17N3O6. The van der Waals surface area contributed by atoms with E-state index in [2.05, 4.69) is 10.3 Å². The van der Waals surface area contributed by atoms with Gasteiger partial charge in [-0.3, -0.25) is 14.0 Å². The Labute approximate surface area is 136 Å². The molecule has 0 bridgehead atoms. The Morgan fingerprint density at radius 1 is 1.38 bits per heavy atom. The number of carboxylic acids is 2. The summed E-state index contributed by atoms with van der Waals surface area (Å²) in [4.78, 5) is 38.6. The number of rotatable bonds is 7. The highest BCUT2D eigenvalue weighted by molar-refractivity contribution is 5.97. The molecule has 0 saturated carbocycles. The lowest BCUT2D eigenvalue weighted by Gasteiger charge is -2.12. The molecule has 2 aromatic rings. The van der Waals surface area contributed by atoms with Crippen LogP contribution in [-0.2, 0) is 9.59 Å². The van der Waals surface area contributed by atoms with E-state index >= 15 is 0 Å². The zero-order valence-electron chi connectivity index (χ0n) is 13.1. The normalized spacial score (nSPS) is 11.9. The highest BCUT2D eigenvalue weighted by Crippen LogP contribution is 2.22. The maximum atomic E-state index is 12.4. The molecular weight excluding hydrogens is 318 g/mol. The number of pyridine rings is 1. The molecule has 1 unspecified atom stereocenters. The van der Waals surface area contributed by atoms with Crippen molar-refractivity contribution in [3.8, 4) is 5.75 Å². The van der Waals surface area contributed by atoms with Gasteiger partial charge in [-0.05, 0) is 26.0 Å². The van der Waals surface area contributed by atoms with Gasteiger partial charge in [0.1, 0.15) is 11.7 Å². The average Bonchev–Trinajstić information content (AvgIpc) is 2.83. The van der Waals surface area contributed by atoms with Crippen LogP contribution < -0.4 is 10.1 Å². The van der Waals surface area contributed by atoms with Crippen molar-refractivity contribution >= 4 is 23.5 Å². The fourth-order valence-electron chi connectivity index (χ4n) is 2.30. The summed E-state index contributed by atoms with van der Waals surface area (Å²) >= 11 is 0. The summed E-state index contributed by atoms with van der Waals surface area (Å²) in [6.45, 7) is 3.84. The van der Waals surface area contributed by atoms with E-state index in [0.29, 0.717) is 23.7 Å². The van der Waals surface area contributed by atoms with Crippen molar-refractivity contribution in [1.82, 2.24) is 14.7 Å². The van der Waals surface area contributed by atoms with Crippen LogP contribution in [0.5, 0.6) is 5.75 Å². The maximum Gasteiger partial charge on any atom is 0.326 e. The molecule has 1 atom stereocenters. The van der Waals surface area contributed by atoms with Crippen molar-refractivity contribution in [1.29, 1.82) is 0 Å². The molecule has 2 heterocycles. The summed E-state index contributed by atoms with van der Waals surface area (Å²) in [5, 5.41) is 20.0. The minimum atomic E-state index is -1.53. The number of aromatic nitrogens is 2. The van der Waals surface area contributed by atoms with Crippen molar-refractivity contribution in [3.05, 3.63) is 29.7 Å². The largest absolute Gasteiger partial charge is 0.490 e. The van der Waals surface area contributed by atoms with Crippen molar-refractivity contribution in [2.75, 3.05) is 6.61 Å². The van der Waals surface area contributed by atoms with Crippen LogP contribution in [0.15, 0.2) is 18.3 Å². The third-order valence-corrected chi connectivity index (χ3v) is 3.29. The molecule has 3 N–H and O–H groups in total. The number of hydrogen-bond donors (Lipinski definition) is 3. The Bertz CT molecular complexity index is 798. The molecule has 0 aromatic carbocycles. The van der Waals surface area contributed by atoms with Gasteiger partial charge in [-0.15, -0.1) is 0 Å². The van der Waals surface area contributed by atoms with E-state index in [4.69, 9.17) is 14.9 Å². The molecule has 0 spiro atoms. The molecule has 0 radical (unpaired) electrons. The van der Waals surface area contributed by atoms with E-state index in [9.17, 15) is 14.4 Å². The molecule has 2 aromatic heterocycles. The average molecular weight is 335 g/mol. The minimum Gasteiger partial charge on any atom is -0.490 e. The molecule has 2 rings (SSSR count). The van der Waals surface area contributed by atoms with Gasteiger partial charge < -0.3 is 20.3 Å².